The molecule has 2 rings (SSSR count). The van der Waals surface area contributed by atoms with Gasteiger partial charge in [-0.25, -0.2) is 0 Å². The van der Waals surface area contributed by atoms with E-state index in [4.69, 9.17) is 5.73 Å². The zero-order valence-electron chi connectivity index (χ0n) is 12.5. The Morgan fingerprint density at radius 1 is 1.40 bits per heavy atom. The molecule has 0 aromatic heterocycles. The fourth-order valence-corrected chi connectivity index (χ4v) is 2.52. The third-order valence-electron chi connectivity index (χ3n) is 4.11. The van der Waals surface area contributed by atoms with Gasteiger partial charge in [-0.3, -0.25) is 4.79 Å². The number of benzene rings is 1. The summed E-state index contributed by atoms with van der Waals surface area (Å²) >= 11 is 0. The van der Waals surface area contributed by atoms with Crippen LogP contribution in [0.2, 0.25) is 0 Å². The molecule has 1 amide bonds. The third-order valence-corrected chi connectivity index (χ3v) is 4.11. The van der Waals surface area contributed by atoms with E-state index in [9.17, 15) is 4.79 Å². The van der Waals surface area contributed by atoms with Crippen LogP contribution in [0, 0.1) is 12.8 Å². The van der Waals surface area contributed by atoms with Gasteiger partial charge in [-0.05, 0) is 50.7 Å². The quantitative estimate of drug-likeness (QED) is 0.877. The van der Waals surface area contributed by atoms with Crippen LogP contribution in [-0.4, -0.2) is 18.5 Å². The first kappa shape index (κ1) is 17.0. The van der Waals surface area contributed by atoms with Gasteiger partial charge in [0.15, 0.2) is 0 Å². The Balaban J connectivity index is 0.00000200. The van der Waals surface area contributed by atoms with Crippen molar-refractivity contribution >= 4 is 18.3 Å². The average molecular weight is 297 g/mol. The third kappa shape index (κ3) is 3.74. The van der Waals surface area contributed by atoms with Crippen molar-refractivity contribution in [2.45, 2.75) is 45.1 Å². The fourth-order valence-electron chi connectivity index (χ4n) is 2.52. The van der Waals surface area contributed by atoms with Crippen LogP contribution in [-0.2, 0) is 10.2 Å². The van der Waals surface area contributed by atoms with Crippen molar-refractivity contribution < 1.29 is 4.79 Å². The smallest absolute Gasteiger partial charge is 0.230 e. The van der Waals surface area contributed by atoms with Crippen LogP contribution < -0.4 is 11.1 Å². The van der Waals surface area contributed by atoms with Gasteiger partial charge < -0.3 is 11.1 Å². The van der Waals surface area contributed by atoms with Crippen molar-refractivity contribution in [3.8, 4) is 0 Å². The molecule has 0 heterocycles. The lowest BCUT2D eigenvalue weighted by atomic mass is 9.81. The maximum absolute atomic E-state index is 12.4. The molecule has 1 aliphatic rings. The second kappa shape index (κ2) is 6.59. The zero-order valence-corrected chi connectivity index (χ0v) is 13.3. The summed E-state index contributed by atoms with van der Waals surface area (Å²) in [7, 11) is 0. The Morgan fingerprint density at radius 2 is 2.00 bits per heavy atom. The number of halogens is 1. The van der Waals surface area contributed by atoms with E-state index in [1.165, 1.54) is 12.8 Å². The van der Waals surface area contributed by atoms with Crippen LogP contribution in [0.4, 0.5) is 0 Å². The van der Waals surface area contributed by atoms with Crippen LogP contribution >= 0.6 is 12.4 Å². The van der Waals surface area contributed by atoms with Crippen molar-refractivity contribution in [2.24, 2.45) is 11.7 Å². The van der Waals surface area contributed by atoms with Gasteiger partial charge in [0.25, 0.3) is 0 Å². The normalized spacial score (nSPS) is 16.2. The van der Waals surface area contributed by atoms with Crippen LogP contribution in [0.15, 0.2) is 24.3 Å². The highest BCUT2D eigenvalue weighted by molar-refractivity contribution is 5.87. The minimum absolute atomic E-state index is 0. The van der Waals surface area contributed by atoms with E-state index in [2.05, 4.69) is 5.32 Å². The number of aryl methyl sites for hydroxylation is 1. The Labute approximate surface area is 127 Å². The topological polar surface area (TPSA) is 55.1 Å². The van der Waals surface area contributed by atoms with E-state index in [1.807, 2.05) is 45.0 Å². The number of amides is 1. The molecule has 1 aliphatic carbocycles. The predicted molar refractivity (Wildman–Crippen MR) is 85.2 cm³/mol. The SMILES string of the molecule is Cc1ccccc1C(C)(C)C(=O)NCC(N)C1CC1.Cl. The molecule has 0 aliphatic heterocycles. The molecule has 3 nitrogen and oxygen atoms in total. The minimum Gasteiger partial charge on any atom is -0.354 e. The molecule has 4 heteroatoms. The number of rotatable bonds is 5. The first-order chi connectivity index (χ1) is 8.93. The molecule has 0 spiro atoms. The second-order valence-electron chi connectivity index (χ2n) is 6.15. The number of carbonyl (C=O) groups excluding carboxylic acids is 1. The number of nitrogens with two attached hydrogens (primary N) is 1. The Bertz CT molecular complexity index is 469. The van der Waals surface area contributed by atoms with E-state index >= 15 is 0 Å². The highest BCUT2D eigenvalue weighted by Gasteiger charge is 2.33. The van der Waals surface area contributed by atoms with Crippen LogP contribution in [0.5, 0.6) is 0 Å². The molecule has 1 aromatic rings. The van der Waals surface area contributed by atoms with Crippen molar-refractivity contribution in [1.29, 1.82) is 0 Å². The van der Waals surface area contributed by atoms with Gasteiger partial charge in [-0.15, -0.1) is 12.4 Å². The van der Waals surface area contributed by atoms with Crippen LogP contribution in [0.1, 0.15) is 37.8 Å². The summed E-state index contributed by atoms with van der Waals surface area (Å²) in [5, 5.41) is 3.01. The van der Waals surface area contributed by atoms with Crippen molar-refractivity contribution in [3.63, 3.8) is 0 Å². The average Bonchev–Trinajstić information content (AvgIpc) is 3.20. The molecule has 112 valence electrons. The second-order valence-corrected chi connectivity index (χ2v) is 6.15. The van der Waals surface area contributed by atoms with E-state index in [1.54, 1.807) is 0 Å². The van der Waals surface area contributed by atoms with Gasteiger partial charge in [0, 0.05) is 12.6 Å². The minimum atomic E-state index is -0.519. The molecule has 0 bridgehead atoms. The zero-order chi connectivity index (χ0) is 14.0. The molecular formula is C16H25ClN2O. The Hall–Kier alpha value is -1.06. The van der Waals surface area contributed by atoms with Crippen LogP contribution in [0.3, 0.4) is 0 Å². The lowest BCUT2D eigenvalue weighted by molar-refractivity contribution is -0.125. The van der Waals surface area contributed by atoms with Gasteiger partial charge in [0.05, 0.1) is 5.41 Å². The number of carbonyl (C=O) groups is 1. The standard InChI is InChI=1S/C16H24N2O.ClH/c1-11-6-4-5-7-13(11)16(2,3)15(19)18-10-14(17)12-8-9-12;/h4-7,12,14H,8-10,17H2,1-3H3,(H,18,19);1H. The van der Waals surface area contributed by atoms with E-state index in [0.717, 1.165) is 11.1 Å². The van der Waals surface area contributed by atoms with Gasteiger partial charge in [-0.1, -0.05) is 24.3 Å². The lowest BCUT2D eigenvalue weighted by Gasteiger charge is -2.26. The molecule has 1 unspecified atom stereocenters. The monoisotopic (exact) mass is 296 g/mol. The van der Waals surface area contributed by atoms with Gasteiger partial charge in [0.1, 0.15) is 0 Å². The molecule has 1 aromatic carbocycles. The number of hydrogen-bond donors (Lipinski definition) is 2. The molecular weight excluding hydrogens is 272 g/mol. The van der Waals surface area contributed by atoms with E-state index in [-0.39, 0.29) is 24.4 Å². The largest absolute Gasteiger partial charge is 0.354 e. The molecule has 1 atom stereocenters. The Kier molecular flexibility index (Phi) is 5.60. The maximum Gasteiger partial charge on any atom is 0.230 e. The summed E-state index contributed by atoms with van der Waals surface area (Å²) in [5.74, 6) is 0.666. The highest BCUT2D eigenvalue weighted by atomic mass is 35.5. The number of hydrogen-bond acceptors (Lipinski definition) is 2. The summed E-state index contributed by atoms with van der Waals surface area (Å²) in [6.07, 6.45) is 2.41. The molecule has 0 radical (unpaired) electrons. The summed E-state index contributed by atoms with van der Waals surface area (Å²) in [5.41, 5.74) is 7.73. The van der Waals surface area contributed by atoms with Crippen molar-refractivity contribution in [1.82, 2.24) is 5.32 Å². The molecule has 1 fully saturated rings. The Morgan fingerprint density at radius 3 is 2.55 bits per heavy atom. The molecule has 1 saturated carbocycles. The predicted octanol–water partition coefficient (Wildman–Crippen LogP) is 2.55. The van der Waals surface area contributed by atoms with Crippen molar-refractivity contribution in [2.75, 3.05) is 6.54 Å². The van der Waals surface area contributed by atoms with E-state index in [0.29, 0.717) is 12.5 Å². The van der Waals surface area contributed by atoms with Gasteiger partial charge >= 0.3 is 0 Å². The first-order valence-corrected chi connectivity index (χ1v) is 7.03. The van der Waals surface area contributed by atoms with E-state index < -0.39 is 5.41 Å². The lowest BCUT2D eigenvalue weighted by Crippen LogP contribution is -2.46. The maximum atomic E-state index is 12.4. The van der Waals surface area contributed by atoms with Gasteiger partial charge in [0.2, 0.25) is 5.91 Å². The molecule has 20 heavy (non-hydrogen) atoms. The van der Waals surface area contributed by atoms with Crippen LogP contribution in [0.25, 0.3) is 0 Å². The molecule has 3 N–H and O–H groups in total. The van der Waals surface area contributed by atoms with Gasteiger partial charge in [-0.2, -0.15) is 0 Å². The number of nitrogens with one attached hydrogen (secondary N) is 1. The molecule has 0 saturated heterocycles. The van der Waals surface area contributed by atoms with Crippen molar-refractivity contribution in [3.05, 3.63) is 35.4 Å². The highest BCUT2D eigenvalue weighted by Crippen LogP contribution is 2.31. The fraction of sp³-hybridized carbons (Fsp3) is 0.562. The summed E-state index contributed by atoms with van der Waals surface area (Å²) in [6, 6.07) is 8.15. The summed E-state index contributed by atoms with van der Waals surface area (Å²) < 4.78 is 0. The summed E-state index contributed by atoms with van der Waals surface area (Å²) in [6.45, 7) is 6.56. The summed E-state index contributed by atoms with van der Waals surface area (Å²) in [4.78, 5) is 12.4. The first-order valence-electron chi connectivity index (χ1n) is 7.03.